The fourth-order valence-electron chi connectivity index (χ4n) is 2.76. The minimum atomic E-state index is -2.04. The second kappa shape index (κ2) is 12.7. The monoisotopic (exact) mass is 384 g/mol. The number of hydrogen-bond donors (Lipinski definition) is 0. The maximum atomic E-state index is 3.80. The van der Waals surface area contributed by atoms with Gasteiger partial charge in [-0.25, -0.2) is 0 Å². The van der Waals surface area contributed by atoms with E-state index in [0.29, 0.717) is 0 Å². The van der Waals surface area contributed by atoms with Crippen LogP contribution in [-0.4, -0.2) is 18.4 Å². The van der Waals surface area contributed by atoms with Crippen molar-refractivity contribution in [1.29, 1.82) is 0 Å². The van der Waals surface area contributed by atoms with Gasteiger partial charge in [0.25, 0.3) is 0 Å². The van der Waals surface area contributed by atoms with E-state index in [9.17, 15) is 0 Å². The van der Waals surface area contributed by atoms with Crippen molar-refractivity contribution in [1.82, 2.24) is 0 Å². The Hall–Kier alpha value is 0.0187. The van der Waals surface area contributed by atoms with Crippen LogP contribution in [0.25, 0.3) is 0 Å². The Kier molecular flexibility index (Phi) is 12.7. The second-order valence-electron chi connectivity index (χ2n) is 6.15. The number of rotatable bonds is 12. The molecule has 0 bridgehead atoms. The molecule has 0 aliphatic carbocycles. The summed E-state index contributed by atoms with van der Waals surface area (Å²) in [6, 6.07) is 0. The van der Waals surface area contributed by atoms with Gasteiger partial charge >= 0.3 is 132 Å². The molecule has 0 unspecified atom stereocenters. The van der Waals surface area contributed by atoms with Gasteiger partial charge in [0.1, 0.15) is 0 Å². The van der Waals surface area contributed by atoms with Gasteiger partial charge in [-0.15, -0.1) is 0 Å². The molecule has 0 fully saturated rings. The molecule has 0 aromatic rings. The Morgan fingerprint density at radius 3 is 1.70 bits per heavy atom. The Morgan fingerprint density at radius 2 is 1.35 bits per heavy atom. The zero-order valence-corrected chi connectivity index (χ0v) is 17.2. The summed E-state index contributed by atoms with van der Waals surface area (Å²) in [6.07, 6.45) is 14.8. The summed E-state index contributed by atoms with van der Waals surface area (Å²) in [7, 11) is 0. The van der Waals surface area contributed by atoms with Crippen LogP contribution in [0.3, 0.4) is 0 Å². The van der Waals surface area contributed by atoms with Crippen molar-refractivity contribution >= 4 is 18.4 Å². The molecule has 0 aliphatic heterocycles. The fraction of sp³-hybridized carbons (Fsp3) is 0.684. The topological polar surface area (TPSA) is 0 Å². The summed E-state index contributed by atoms with van der Waals surface area (Å²) >= 11 is -2.04. The summed E-state index contributed by atoms with van der Waals surface area (Å²) in [5, 5.41) is 0. The van der Waals surface area contributed by atoms with E-state index >= 15 is 0 Å². The van der Waals surface area contributed by atoms with E-state index in [2.05, 4.69) is 50.5 Å². The number of allylic oxidation sites excluding steroid dienone is 4. The third-order valence-corrected chi connectivity index (χ3v) is 18.2. The molecule has 0 aliphatic rings. The molecular formula is C19H36Sn. The van der Waals surface area contributed by atoms with E-state index in [-0.39, 0.29) is 0 Å². The zero-order valence-electron chi connectivity index (χ0n) is 14.4. The molecule has 0 N–H and O–H groups in total. The van der Waals surface area contributed by atoms with Crippen molar-refractivity contribution in [3.05, 3.63) is 34.5 Å². The molecule has 1 heteroatoms. The Balaban J connectivity index is 5.00. The molecule has 0 rings (SSSR count). The fourth-order valence-corrected chi connectivity index (χ4v) is 17.1. The average molecular weight is 383 g/mol. The molecule has 0 saturated heterocycles. The third-order valence-electron chi connectivity index (χ3n) is 4.17. The summed E-state index contributed by atoms with van der Waals surface area (Å²) < 4.78 is 7.40. The van der Waals surface area contributed by atoms with Gasteiger partial charge in [-0.05, 0) is 0 Å². The first-order valence-corrected chi connectivity index (χ1v) is 16.3. The molecular weight excluding hydrogens is 347 g/mol. The Labute approximate surface area is 132 Å². The van der Waals surface area contributed by atoms with Crippen LogP contribution in [0.5, 0.6) is 0 Å². The van der Waals surface area contributed by atoms with Crippen LogP contribution >= 0.6 is 0 Å². The van der Waals surface area contributed by atoms with Gasteiger partial charge < -0.3 is 0 Å². The van der Waals surface area contributed by atoms with Gasteiger partial charge in [-0.1, -0.05) is 0 Å². The average Bonchev–Trinajstić information content (AvgIpc) is 2.46. The second-order valence-corrected chi connectivity index (χ2v) is 19.2. The summed E-state index contributed by atoms with van der Waals surface area (Å²) in [5.74, 6) is 0. The van der Waals surface area contributed by atoms with Gasteiger partial charge in [0.15, 0.2) is 0 Å². The van der Waals surface area contributed by atoms with Crippen LogP contribution in [0.2, 0.25) is 13.3 Å². The molecule has 0 spiro atoms. The quantitative estimate of drug-likeness (QED) is 0.250. The molecule has 0 radical (unpaired) electrons. The Morgan fingerprint density at radius 1 is 0.900 bits per heavy atom. The zero-order chi connectivity index (χ0) is 15.3. The molecule has 0 heterocycles. The predicted octanol–water partition coefficient (Wildman–Crippen LogP) is 7.06. The molecule has 0 aromatic carbocycles. The van der Waals surface area contributed by atoms with E-state index in [1.54, 1.807) is 13.3 Å². The molecule has 20 heavy (non-hydrogen) atoms. The van der Waals surface area contributed by atoms with Gasteiger partial charge in [-0.2, -0.15) is 0 Å². The number of hydrogen-bond acceptors (Lipinski definition) is 0. The van der Waals surface area contributed by atoms with Crippen molar-refractivity contribution in [2.24, 2.45) is 0 Å². The first-order valence-electron chi connectivity index (χ1n) is 8.62. The number of unbranched alkanes of at least 4 members (excludes halogenated alkanes) is 3. The first kappa shape index (κ1) is 20.0. The molecule has 0 amide bonds. The molecule has 0 saturated carbocycles. The van der Waals surface area contributed by atoms with E-state index < -0.39 is 18.4 Å². The maximum absolute atomic E-state index is 3.80. The first-order chi connectivity index (χ1) is 9.64. The molecule has 116 valence electrons. The van der Waals surface area contributed by atoms with E-state index in [1.807, 2.05) is 6.08 Å². The molecule has 0 atom stereocenters. The van der Waals surface area contributed by atoms with E-state index in [0.717, 1.165) is 0 Å². The van der Waals surface area contributed by atoms with Gasteiger partial charge in [-0.3, -0.25) is 0 Å². The van der Waals surface area contributed by atoms with Crippen LogP contribution in [0, 0.1) is 0 Å². The van der Waals surface area contributed by atoms with E-state index in [1.165, 1.54) is 44.1 Å². The van der Waals surface area contributed by atoms with Crippen molar-refractivity contribution in [2.75, 3.05) is 0 Å². The SMILES string of the molecule is C=C/C=C(C)/C=[CH]/[Sn]([CH2]CCC)([CH2]CCC)[CH2]CCC. The van der Waals surface area contributed by atoms with Crippen molar-refractivity contribution < 1.29 is 0 Å². The van der Waals surface area contributed by atoms with Gasteiger partial charge in [0.05, 0.1) is 0 Å². The van der Waals surface area contributed by atoms with Crippen LogP contribution in [0.4, 0.5) is 0 Å². The third kappa shape index (κ3) is 9.05. The molecule has 0 nitrogen and oxygen atoms in total. The van der Waals surface area contributed by atoms with Crippen LogP contribution < -0.4 is 0 Å². The van der Waals surface area contributed by atoms with Gasteiger partial charge in [0, 0.05) is 0 Å². The predicted molar refractivity (Wildman–Crippen MR) is 98.0 cm³/mol. The minimum absolute atomic E-state index is 1.35. The summed E-state index contributed by atoms with van der Waals surface area (Å²) in [5.41, 5.74) is 1.37. The standard InChI is InChI=1S/C7H9.3C4H9.Sn/c1-4-6-7(3)5-2;3*1-3-4-2;/h2,4-6H,1H2,3H3;3*1,3-4H2,2H3;/b5-2?,7-6+;;;;. The summed E-state index contributed by atoms with van der Waals surface area (Å²) in [4.78, 5) is 0. The Bertz CT molecular complexity index is 277. The molecule has 0 aromatic heterocycles. The van der Waals surface area contributed by atoms with Crippen LogP contribution in [0.15, 0.2) is 34.5 Å². The van der Waals surface area contributed by atoms with Gasteiger partial charge in [0.2, 0.25) is 0 Å². The summed E-state index contributed by atoms with van der Waals surface area (Å²) in [6.45, 7) is 13.0. The van der Waals surface area contributed by atoms with Crippen LogP contribution in [-0.2, 0) is 0 Å². The van der Waals surface area contributed by atoms with Crippen molar-refractivity contribution in [2.45, 2.75) is 79.5 Å². The van der Waals surface area contributed by atoms with Crippen molar-refractivity contribution in [3.63, 3.8) is 0 Å². The van der Waals surface area contributed by atoms with Crippen LogP contribution in [0.1, 0.15) is 66.2 Å². The van der Waals surface area contributed by atoms with E-state index in [4.69, 9.17) is 0 Å². The normalized spacial score (nSPS) is 13.1. The van der Waals surface area contributed by atoms with Crippen molar-refractivity contribution in [3.8, 4) is 0 Å².